The van der Waals surface area contributed by atoms with Crippen molar-refractivity contribution < 1.29 is 9.53 Å². The number of aromatic nitrogens is 2. The minimum atomic E-state index is -0.0464. The summed E-state index contributed by atoms with van der Waals surface area (Å²) in [4.78, 5) is 29.5. The third-order valence-corrected chi connectivity index (χ3v) is 7.26. The number of benzene rings is 1. The average molecular weight is 465 g/mol. The normalized spacial score (nSPS) is 21.4. The number of fused-ring (bicyclic) bond motifs is 3. The highest BCUT2D eigenvalue weighted by atomic mass is 16.5. The number of anilines is 3. The van der Waals surface area contributed by atoms with E-state index < -0.39 is 0 Å². The van der Waals surface area contributed by atoms with Gasteiger partial charge in [-0.1, -0.05) is 6.07 Å². The molecule has 3 aliphatic rings. The second kappa shape index (κ2) is 9.78. The first-order valence-corrected chi connectivity index (χ1v) is 12.7. The number of nitrogens with one attached hydrogen (secondary N) is 1. The molecule has 1 aromatic heterocycles. The van der Waals surface area contributed by atoms with Crippen molar-refractivity contribution in [2.24, 2.45) is 0 Å². The summed E-state index contributed by atoms with van der Waals surface area (Å²) in [7, 11) is 0. The van der Waals surface area contributed by atoms with E-state index in [1.54, 1.807) is 6.20 Å². The summed E-state index contributed by atoms with van der Waals surface area (Å²) in [6.45, 7) is 10.9. The highest BCUT2D eigenvalue weighted by Gasteiger charge is 2.37. The Balaban J connectivity index is 1.38. The van der Waals surface area contributed by atoms with Gasteiger partial charge in [0, 0.05) is 62.8 Å². The number of piperidine rings is 1. The van der Waals surface area contributed by atoms with Gasteiger partial charge in [0.05, 0.1) is 0 Å². The molecule has 2 fully saturated rings. The van der Waals surface area contributed by atoms with E-state index in [1.165, 1.54) is 0 Å². The zero-order chi connectivity index (χ0) is 23.7. The second-order valence-corrected chi connectivity index (χ2v) is 9.81. The second-order valence-electron chi connectivity index (χ2n) is 9.81. The third-order valence-electron chi connectivity index (χ3n) is 7.26. The number of hydrogen-bond acceptors (Lipinski definition) is 7. The Morgan fingerprint density at radius 2 is 2.00 bits per heavy atom. The topological polar surface area (TPSA) is 73.8 Å². The van der Waals surface area contributed by atoms with E-state index in [1.807, 2.05) is 36.1 Å². The van der Waals surface area contributed by atoms with Crippen LogP contribution < -0.4 is 19.9 Å². The molecule has 0 aliphatic carbocycles. The molecule has 1 amide bonds. The smallest absolute Gasteiger partial charge is 0.263 e. The lowest BCUT2D eigenvalue weighted by molar-refractivity contribution is 0.0843. The van der Waals surface area contributed by atoms with Crippen LogP contribution in [0.2, 0.25) is 0 Å². The number of amides is 1. The molecule has 2 saturated heterocycles. The van der Waals surface area contributed by atoms with Crippen molar-refractivity contribution in [1.29, 1.82) is 0 Å². The first-order valence-electron chi connectivity index (χ1n) is 12.7. The molecule has 0 unspecified atom stereocenters. The van der Waals surface area contributed by atoms with E-state index >= 15 is 0 Å². The van der Waals surface area contributed by atoms with Crippen molar-refractivity contribution in [2.45, 2.75) is 64.6 Å². The Bertz CT molecular complexity index is 1020. The van der Waals surface area contributed by atoms with Crippen LogP contribution in [-0.4, -0.2) is 71.7 Å². The molecule has 1 N–H and O–H groups in total. The summed E-state index contributed by atoms with van der Waals surface area (Å²) >= 11 is 0. The van der Waals surface area contributed by atoms with Crippen molar-refractivity contribution in [1.82, 2.24) is 14.9 Å². The summed E-state index contributed by atoms with van der Waals surface area (Å²) in [5, 5.41) is 3.18. The Morgan fingerprint density at radius 3 is 2.76 bits per heavy atom. The quantitative estimate of drug-likeness (QED) is 0.697. The van der Waals surface area contributed by atoms with Crippen LogP contribution in [0.1, 0.15) is 56.8 Å². The molecule has 8 heteroatoms. The number of ether oxygens (including phenoxy) is 1. The zero-order valence-electron chi connectivity index (χ0n) is 20.5. The van der Waals surface area contributed by atoms with Gasteiger partial charge in [-0.25, -0.2) is 4.98 Å². The van der Waals surface area contributed by atoms with Gasteiger partial charge in [-0.05, 0) is 58.6 Å². The lowest BCUT2D eigenvalue weighted by atomic mass is 10.1. The summed E-state index contributed by atoms with van der Waals surface area (Å²) in [6, 6.07) is 8.84. The molecule has 0 spiro atoms. The van der Waals surface area contributed by atoms with Crippen LogP contribution in [0.4, 0.5) is 17.5 Å². The molecule has 4 heterocycles. The monoisotopic (exact) mass is 464 g/mol. The molecule has 182 valence electrons. The first-order chi connectivity index (χ1) is 16.5. The Labute approximate surface area is 202 Å². The van der Waals surface area contributed by atoms with Crippen molar-refractivity contribution in [3.05, 3.63) is 36.0 Å². The van der Waals surface area contributed by atoms with Gasteiger partial charge in [0.15, 0.2) is 0 Å². The lowest BCUT2D eigenvalue weighted by Crippen LogP contribution is -2.41. The molecule has 34 heavy (non-hydrogen) atoms. The number of carbonyl (C=O) groups is 1. The maximum atomic E-state index is 13.7. The van der Waals surface area contributed by atoms with E-state index in [4.69, 9.17) is 9.72 Å². The molecule has 1 aromatic carbocycles. The van der Waals surface area contributed by atoms with Crippen LogP contribution in [0.15, 0.2) is 30.5 Å². The van der Waals surface area contributed by atoms with Crippen molar-refractivity contribution in [2.75, 3.05) is 47.8 Å². The molecule has 0 radical (unpaired) electrons. The Hall–Kier alpha value is -2.87. The molecule has 0 bridgehead atoms. The van der Waals surface area contributed by atoms with Crippen LogP contribution >= 0.6 is 0 Å². The van der Waals surface area contributed by atoms with E-state index in [0.717, 1.165) is 69.1 Å². The van der Waals surface area contributed by atoms with Crippen LogP contribution in [0.25, 0.3) is 0 Å². The van der Waals surface area contributed by atoms with E-state index in [-0.39, 0.29) is 18.1 Å². The van der Waals surface area contributed by atoms with Gasteiger partial charge in [0.1, 0.15) is 23.2 Å². The summed E-state index contributed by atoms with van der Waals surface area (Å²) in [5.41, 5.74) is 1.44. The molecule has 1 atom stereocenters. The van der Waals surface area contributed by atoms with Gasteiger partial charge in [0.2, 0.25) is 5.95 Å². The zero-order valence-corrected chi connectivity index (χ0v) is 20.5. The molecule has 0 saturated carbocycles. The number of nitrogens with zero attached hydrogens (tertiary/aromatic N) is 5. The first kappa shape index (κ1) is 22.9. The summed E-state index contributed by atoms with van der Waals surface area (Å²) in [5.74, 6) is 2.12. The van der Waals surface area contributed by atoms with Crippen LogP contribution in [0, 0.1) is 0 Å². The fraction of sp³-hybridized carbons (Fsp3) is 0.577. The lowest BCUT2D eigenvalue weighted by Gasteiger charge is -2.34. The molecular weight excluding hydrogens is 428 g/mol. The third kappa shape index (κ3) is 4.56. The van der Waals surface area contributed by atoms with Gasteiger partial charge in [-0.3, -0.25) is 4.79 Å². The predicted molar refractivity (Wildman–Crippen MR) is 135 cm³/mol. The minimum absolute atomic E-state index is 0.0464. The van der Waals surface area contributed by atoms with Crippen LogP contribution in [0.5, 0.6) is 5.75 Å². The fourth-order valence-corrected chi connectivity index (χ4v) is 5.38. The Morgan fingerprint density at radius 1 is 1.18 bits per heavy atom. The van der Waals surface area contributed by atoms with Crippen molar-refractivity contribution in [3.63, 3.8) is 0 Å². The molecule has 8 nitrogen and oxygen atoms in total. The van der Waals surface area contributed by atoms with E-state index in [0.29, 0.717) is 24.1 Å². The minimum Gasteiger partial charge on any atom is -0.490 e. The maximum absolute atomic E-state index is 13.7. The number of hydrogen-bond donors (Lipinski definition) is 1. The highest BCUT2D eigenvalue weighted by Crippen LogP contribution is 2.35. The fourth-order valence-electron chi connectivity index (χ4n) is 5.38. The van der Waals surface area contributed by atoms with E-state index in [2.05, 4.69) is 33.9 Å². The number of likely N-dealkylation sites (tertiary alicyclic amines) is 1. The number of carbonyl (C=O) groups excluding carboxylic acids is 1. The predicted octanol–water partition coefficient (Wildman–Crippen LogP) is 3.79. The SMILES string of the molecule is CCNc1ncc2c(n1)N1CCC[C@H]1CN(c1cccc(OC3CCN(C(C)C)CC3)c1)C2=O. The van der Waals surface area contributed by atoms with Crippen LogP contribution in [0.3, 0.4) is 0 Å². The van der Waals surface area contributed by atoms with Crippen LogP contribution in [-0.2, 0) is 0 Å². The molecule has 3 aliphatic heterocycles. The van der Waals surface area contributed by atoms with Gasteiger partial charge < -0.3 is 24.8 Å². The molecular formula is C26H36N6O2. The summed E-state index contributed by atoms with van der Waals surface area (Å²) < 4.78 is 6.37. The number of rotatable bonds is 6. The van der Waals surface area contributed by atoms with Gasteiger partial charge >= 0.3 is 0 Å². The maximum Gasteiger partial charge on any atom is 0.263 e. The largest absolute Gasteiger partial charge is 0.490 e. The van der Waals surface area contributed by atoms with E-state index in [9.17, 15) is 4.79 Å². The van der Waals surface area contributed by atoms with Gasteiger partial charge in [-0.15, -0.1) is 0 Å². The van der Waals surface area contributed by atoms with Crippen molar-refractivity contribution >= 4 is 23.4 Å². The molecule has 5 rings (SSSR count). The summed E-state index contributed by atoms with van der Waals surface area (Å²) in [6.07, 6.45) is 6.11. The Kier molecular flexibility index (Phi) is 6.59. The standard InChI is InChI=1S/C26H36N6O2/c1-4-27-26-28-16-23-24(29-26)31-12-6-8-20(31)17-32(25(23)33)19-7-5-9-22(15-19)34-21-10-13-30(14-11-21)18(2)3/h5,7,9,15-16,18,20-21H,4,6,8,10-14,17H2,1-3H3,(H,27,28,29)/t20-/m0/s1. The highest BCUT2D eigenvalue weighted by molar-refractivity contribution is 6.10. The average Bonchev–Trinajstić information content (AvgIpc) is 3.27. The van der Waals surface area contributed by atoms with Gasteiger partial charge in [-0.2, -0.15) is 4.98 Å². The van der Waals surface area contributed by atoms with Gasteiger partial charge in [0.25, 0.3) is 5.91 Å². The van der Waals surface area contributed by atoms with Crippen molar-refractivity contribution in [3.8, 4) is 5.75 Å². The molecule has 2 aromatic rings.